The average molecular weight is 285 g/mol. The van der Waals surface area contributed by atoms with Crippen molar-refractivity contribution in [2.24, 2.45) is 0 Å². The molecule has 0 bridgehead atoms. The van der Waals surface area contributed by atoms with E-state index in [9.17, 15) is 4.79 Å². The lowest BCUT2D eigenvalue weighted by atomic mass is 10.1. The van der Waals surface area contributed by atoms with Crippen LogP contribution in [0.4, 0.5) is 10.5 Å². The third kappa shape index (κ3) is 2.49. The van der Waals surface area contributed by atoms with Crippen molar-refractivity contribution in [3.05, 3.63) is 42.0 Å². The molecule has 21 heavy (non-hydrogen) atoms. The van der Waals surface area contributed by atoms with E-state index in [0.29, 0.717) is 6.54 Å². The highest BCUT2D eigenvalue weighted by Gasteiger charge is 2.30. The number of aromatic nitrogens is 3. The predicted molar refractivity (Wildman–Crippen MR) is 80.0 cm³/mol. The Morgan fingerprint density at radius 3 is 3.05 bits per heavy atom. The van der Waals surface area contributed by atoms with Crippen LogP contribution in [-0.4, -0.2) is 26.8 Å². The lowest BCUT2D eigenvalue weighted by Gasteiger charge is -2.23. The molecule has 6 nitrogen and oxygen atoms in total. The topological polar surface area (TPSA) is 63.1 Å². The normalized spacial score (nSPS) is 16.9. The molecular weight excluding hydrogens is 266 g/mol. The van der Waals surface area contributed by atoms with Crippen molar-refractivity contribution in [3.63, 3.8) is 0 Å². The molecule has 1 aromatic carbocycles. The Bertz CT molecular complexity index is 651. The zero-order valence-corrected chi connectivity index (χ0v) is 12.3. The molecule has 0 fully saturated rings. The number of hydrogen-bond donors (Lipinski definition) is 1. The largest absolute Gasteiger partial charge is 0.330 e. The second kappa shape index (κ2) is 5.55. The molecule has 0 aliphatic carbocycles. The van der Waals surface area contributed by atoms with Gasteiger partial charge in [0.25, 0.3) is 0 Å². The van der Waals surface area contributed by atoms with Crippen molar-refractivity contribution >= 4 is 11.7 Å². The van der Waals surface area contributed by atoms with Crippen LogP contribution in [0, 0.1) is 0 Å². The van der Waals surface area contributed by atoms with E-state index >= 15 is 0 Å². The van der Waals surface area contributed by atoms with Crippen molar-refractivity contribution < 1.29 is 4.79 Å². The standard InChI is InChI=1S/C15H19N5O/c1-3-19-10-17-18-14(19)9-16-15(21)20-11(2)8-12-6-4-5-7-13(12)20/h4-7,10-11H,3,8-9H2,1-2H3,(H,16,21). The molecule has 6 heteroatoms. The maximum absolute atomic E-state index is 12.5. The zero-order chi connectivity index (χ0) is 14.8. The lowest BCUT2D eigenvalue weighted by Crippen LogP contribution is -2.43. The molecule has 1 atom stereocenters. The summed E-state index contributed by atoms with van der Waals surface area (Å²) in [4.78, 5) is 14.3. The Morgan fingerprint density at radius 1 is 1.43 bits per heavy atom. The Balaban J connectivity index is 1.71. The number of nitrogens with one attached hydrogen (secondary N) is 1. The lowest BCUT2D eigenvalue weighted by molar-refractivity contribution is 0.244. The number of anilines is 1. The quantitative estimate of drug-likeness (QED) is 0.937. The maximum Gasteiger partial charge on any atom is 0.322 e. The monoisotopic (exact) mass is 285 g/mol. The summed E-state index contributed by atoms with van der Waals surface area (Å²) in [6.07, 6.45) is 2.57. The summed E-state index contributed by atoms with van der Waals surface area (Å²) in [5.74, 6) is 0.769. The van der Waals surface area contributed by atoms with Gasteiger partial charge in [0.2, 0.25) is 0 Å². The van der Waals surface area contributed by atoms with Gasteiger partial charge in [0.1, 0.15) is 6.33 Å². The van der Waals surface area contributed by atoms with Gasteiger partial charge in [-0.15, -0.1) is 10.2 Å². The summed E-state index contributed by atoms with van der Waals surface area (Å²) < 4.78 is 1.92. The number of hydrogen-bond acceptors (Lipinski definition) is 3. The highest BCUT2D eigenvalue weighted by atomic mass is 16.2. The molecule has 110 valence electrons. The van der Waals surface area contributed by atoms with E-state index in [4.69, 9.17) is 0 Å². The van der Waals surface area contributed by atoms with Crippen LogP contribution >= 0.6 is 0 Å². The van der Waals surface area contributed by atoms with E-state index in [1.807, 2.05) is 34.6 Å². The van der Waals surface area contributed by atoms with Gasteiger partial charge in [0.05, 0.1) is 6.54 Å². The van der Waals surface area contributed by atoms with Crippen molar-refractivity contribution in [1.82, 2.24) is 20.1 Å². The minimum Gasteiger partial charge on any atom is -0.330 e. The Labute approximate surface area is 123 Å². The van der Waals surface area contributed by atoms with Crippen molar-refractivity contribution in [2.45, 2.75) is 39.4 Å². The van der Waals surface area contributed by atoms with Crippen LogP contribution in [0.5, 0.6) is 0 Å². The molecule has 1 aliphatic rings. The summed E-state index contributed by atoms with van der Waals surface area (Å²) in [5.41, 5.74) is 2.22. The smallest absolute Gasteiger partial charge is 0.322 e. The fourth-order valence-electron chi connectivity index (χ4n) is 2.79. The van der Waals surface area contributed by atoms with E-state index in [1.165, 1.54) is 5.56 Å². The van der Waals surface area contributed by atoms with Crippen LogP contribution in [0.25, 0.3) is 0 Å². The van der Waals surface area contributed by atoms with E-state index in [1.54, 1.807) is 6.33 Å². The summed E-state index contributed by atoms with van der Waals surface area (Å²) in [5, 5.41) is 10.8. The first-order valence-corrected chi connectivity index (χ1v) is 7.22. The molecule has 1 aliphatic heterocycles. The fraction of sp³-hybridized carbons (Fsp3) is 0.400. The molecule has 0 radical (unpaired) electrons. The molecule has 1 unspecified atom stereocenters. The van der Waals surface area contributed by atoms with Crippen LogP contribution in [0.2, 0.25) is 0 Å². The summed E-state index contributed by atoms with van der Waals surface area (Å²) in [7, 11) is 0. The first-order valence-electron chi connectivity index (χ1n) is 7.22. The molecule has 2 amide bonds. The molecule has 0 spiro atoms. The number of rotatable bonds is 3. The predicted octanol–water partition coefficient (Wildman–Crippen LogP) is 1.96. The molecule has 3 rings (SSSR count). The van der Waals surface area contributed by atoms with Gasteiger partial charge in [-0.05, 0) is 31.9 Å². The Kier molecular flexibility index (Phi) is 3.60. The van der Waals surface area contributed by atoms with Gasteiger partial charge in [-0.1, -0.05) is 18.2 Å². The molecule has 0 saturated heterocycles. The number of nitrogens with zero attached hydrogens (tertiary/aromatic N) is 4. The number of para-hydroxylation sites is 1. The average Bonchev–Trinajstić information content (AvgIpc) is 3.07. The molecule has 2 aromatic rings. The molecule has 1 N–H and O–H groups in total. The Morgan fingerprint density at radius 2 is 2.24 bits per heavy atom. The van der Waals surface area contributed by atoms with Gasteiger partial charge < -0.3 is 9.88 Å². The number of carbonyl (C=O) groups excluding carboxylic acids is 1. The van der Waals surface area contributed by atoms with Crippen LogP contribution in [0.1, 0.15) is 25.2 Å². The third-order valence-electron chi connectivity index (χ3n) is 3.86. The first kappa shape index (κ1) is 13.6. The van der Waals surface area contributed by atoms with E-state index < -0.39 is 0 Å². The minimum atomic E-state index is -0.0851. The molecule has 2 heterocycles. The number of aryl methyl sites for hydroxylation is 1. The SMILES string of the molecule is CCn1cnnc1CNC(=O)N1c2ccccc2CC1C. The first-order chi connectivity index (χ1) is 10.2. The third-order valence-corrected chi connectivity index (χ3v) is 3.86. The van der Waals surface area contributed by atoms with Crippen molar-refractivity contribution in [3.8, 4) is 0 Å². The number of amides is 2. The van der Waals surface area contributed by atoms with Gasteiger partial charge in [-0.25, -0.2) is 4.79 Å². The van der Waals surface area contributed by atoms with E-state index in [-0.39, 0.29) is 12.1 Å². The van der Waals surface area contributed by atoms with E-state index in [2.05, 4.69) is 28.5 Å². The maximum atomic E-state index is 12.5. The summed E-state index contributed by atoms with van der Waals surface area (Å²) in [6, 6.07) is 8.13. The molecular formula is C15H19N5O. The second-order valence-corrected chi connectivity index (χ2v) is 5.24. The summed E-state index contributed by atoms with van der Waals surface area (Å²) >= 11 is 0. The molecule has 1 aromatic heterocycles. The number of carbonyl (C=O) groups is 1. The van der Waals surface area contributed by atoms with Gasteiger partial charge in [-0.2, -0.15) is 0 Å². The van der Waals surface area contributed by atoms with E-state index in [0.717, 1.165) is 24.5 Å². The minimum absolute atomic E-state index is 0.0851. The van der Waals surface area contributed by atoms with Crippen molar-refractivity contribution in [1.29, 1.82) is 0 Å². The number of urea groups is 1. The molecule has 0 saturated carbocycles. The van der Waals surface area contributed by atoms with Gasteiger partial charge >= 0.3 is 6.03 Å². The highest BCUT2D eigenvalue weighted by Crippen LogP contribution is 2.31. The van der Waals surface area contributed by atoms with Gasteiger partial charge in [0.15, 0.2) is 5.82 Å². The zero-order valence-electron chi connectivity index (χ0n) is 12.3. The fourth-order valence-corrected chi connectivity index (χ4v) is 2.79. The van der Waals surface area contributed by atoms with Crippen LogP contribution in [0.15, 0.2) is 30.6 Å². The highest BCUT2D eigenvalue weighted by molar-refractivity contribution is 5.94. The number of fused-ring (bicyclic) bond motifs is 1. The summed E-state index contributed by atoms with van der Waals surface area (Å²) in [6.45, 7) is 5.26. The van der Waals surface area contributed by atoms with Gasteiger partial charge in [-0.3, -0.25) is 4.90 Å². The van der Waals surface area contributed by atoms with Crippen LogP contribution in [0.3, 0.4) is 0 Å². The number of benzene rings is 1. The second-order valence-electron chi connectivity index (χ2n) is 5.24. The van der Waals surface area contributed by atoms with Crippen LogP contribution in [-0.2, 0) is 19.5 Å². The van der Waals surface area contributed by atoms with Crippen LogP contribution < -0.4 is 10.2 Å². The van der Waals surface area contributed by atoms with Gasteiger partial charge in [0, 0.05) is 18.3 Å². The Hall–Kier alpha value is -2.37. The van der Waals surface area contributed by atoms with Crippen molar-refractivity contribution in [2.75, 3.05) is 4.90 Å².